The van der Waals surface area contributed by atoms with E-state index in [9.17, 15) is 24.0 Å². The molecule has 0 aromatic rings. The van der Waals surface area contributed by atoms with Gasteiger partial charge in [-0.25, -0.2) is 4.79 Å². The molecule has 0 aliphatic carbocycles. The van der Waals surface area contributed by atoms with Gasteiger partial charge in [-0.15, -0.1) is 0 Å². The van der Waals surface area contributed by atoms with Gasteiger partial charge in [-0.1, -0.05) is 6.92 Å². The number of carbonyl (C=O) groups is 5. The van der Waals surface area contributed by atoms with Crippen LogP contribution < -0.4 is 10.6 Å². The molecule has 0 bridgehead atoms. The van der Waals surface area contributed by atoms with Crippen LogP contribution in [0.5, 0.6) is 0 Å². The normalized spacial score (nSPS) is 18.1. The van der Waals surface area contributed by atoms with Gasteiger partial charge in [0.2, 0.25) is 17.7 Å². The highest BCUT2D eigenvalue weighted by Gasteiger charge is 2.35. The van der Waals surface area contributed by atoms with Crippen LogP contribution >= 0.6 is 0 Å². The number of rotatable bonds is 5. The van der Waals surface area contributed by atoms with Crippen LogP contribution in [0.25, 0.3) is 0 Å². The molecule has 9 nitrogen and oxygen atoms in total. The number of nitrogens with zero attached hydrogens (tertiary/aromatic N) is 1. The van der Waals surface area contributed by atoms with E-state index >= 15 is 0 Å². The molecule has 116 valence electrons. The van der Waals surface area contributed by atoms with E-state index in [1.807, 2.05) is 0 Å². The van der Waals surface area contributed by atoms with Crippen LogP contribution in [0.3, 0.4) is 0 Å². The molecule has 0 aromatic carbocycles. The summed E-state index contributed by atoms with van der Waals surface area (Å²) >= 11 is 0. The van der Waals surface area contributed by atoms with Gasteiger partial charge in [-0.05, 0) is 12.8 Å². The number of carbonyl (C=O) groups excluding carboxylic acids is 4. The molecule has 1 unspecified atom stereocenters. The average molecular weight is 299 g/mol. The molecule has 1 heterocycles. The number of carboxylic acid groups (broad SMARTS) is 1. The van der Waals surface area contributed by atoms with Gasteiger partial charge in [0.05, 0.1) is 0 Å². The van der Waals surface area contributed by atoms with Crippen molar-refractivity contribution < 1.29 is 29.1 Å². The molecule has 21 heavy (non-hydrogen) atoms. The van der Waals surface area contributed by atoms with E-state index in [1.165, 1.54) is 0 Å². The lowest BCUT2D eigenvalue weighted by Crippen LogP contribution is -2.61. The molecule has 0 spiro atoms. The number of carboxylic acids is 1. The molecule has 5 amide bonds. The standard InChI is InChI=1S/C12H17N3O6/c1-2-7-11(20)13-9(17)6-15(7)12(21)14-8(16)4-3-5-10(18)19/h7H,2-6H2,1H3,(H,18,19)(H,13,17,20)(H,14,16,21). The SMILES string of the molecule is CCC1C(=O)NC(=O)CN1C(=O)NC(=O)CCCC(=O)O. The molecule has 9 heteroatoms. The summed E-state index contributed by atoms with van der Waals surface area (Å²) in [6, 6.07) is -1.64. The van der Waals surface area contributed by atoms with Gasteiger partial charge < -0.3 is 10.0 Å². The van der Waals surface area contributed by atoms with Gasteiger partial charge in [0.15, 0.2) is 0 Å². The Bertz CT molecular complexity index is 476. The molecule has 0 radical (unpaired) electrons. The lowest BCUT2D eigenvalue weighted by atomic mass is 10.1. The molecule has 1 rings (SSSR count). The summed E-state index contributed by atoms with van der Waals surface area (Å²) in [6.07, 6.45) is 0.109. The van der Waals surface area contributed by atoms with Gasteiger partial charge in [-0.2, -0.15) is 0 Å². The van der Waals surface area contributed by atoms with Crippen LogP contribution in [0.1, 0.15) is 32.6 Å². The molecule has 1 aliphatic rings. The van der Waals surface area contributed by atoms with Crippen molar-refractivity contribution in [1.82, 2.24) is 15.5 Å². The van der Waals surface area contributed by atoms with Crippen molar-refractivity contribution in [3.8, 4) is 0 Å². The number of nitrogens with one attached hydrogen (secondary N) is 2. The number of hydrogen-bond donors (Lipinski definition) is 3. The van der Waals surface area contributed by atoms with E-state index in [1.54, 1.807) is 6.92 Å². The molecule has 1 atom stereocenters. The van der Waals surface area contributed by atoms with Gasteiger partial charge in [0, 0.05) is 12.8 Å². The number of hydrogen-bond acceptors (Lipinski definition) is 5. The molecule has 0 saturated carbocycles. The maximum Gasteiger partial charge on any atom is 0.325 e. The fourth-order valence-corrected chi connectivity index (χ4v) is 1.94. The zero-order valence-electron chi connectivity index (χ0n) is 11.5. The quantitative estimate of drug-likeness (QED) is 0.570. The summed E-state index contributed by atoms with van der Waals surface area (Å²) in [7, 11) is 0. The van der Waals surface area contributed by atoms with Gasteiger partial charge in [0.1, 0.15) is 12.6 Å². The summed E-state index contributed by atoms with van der Waals surface area (Å²) in [5.41, 5.74) is 0. The third kappa shape index (κ3) is 4.86. The first-order chi connectivity index (χ1) is 9.85. The van der Waals surface area contributed by atoms with E-state index in [2.05, 4.69) is 10.6 Å². The van der Waals surface area contributed by atoms with E-state index < -0.39 is 35.8 Å². The van der Waals surface area contributed by atoms with Crippen LogP contribution in [0.15, 0.2) is 0 Å². The smallest absolute Gasteiger partial charge is 0.325 e. The van der Waals surface area contributed by atoms with E-state index in [0.29, 0.717) is 6.42 Å². The van der Waals surface area contributed by atoms with Gasteiger partial charge in [-0.3, -0.25) is 29.8 Å². The highest BCUT2D eigenvalue weighted by Crippen LogP contribution is 2.09. The molecule has 1 saturated heterocycles. The Labute approximate surface area is 120 Å². The Morgan fingerprint density at radius 2 is 2.00 bits per heavy atom. The topological polar surface area (TPSA) is 133 Å². The lowest BCUT2D eigenvalue weighted by molar-refractivity contribution is -0.139. The monoisotopic (exact) mass is 299 g/mol. The van der Waals surface area contributed by atoms with Crippen molar-refractivity contribution in [2.75, 3.05) is 6.54 Å². The number of imide groups is 2. The molecular formula is C12H17N3O6. The molecule has 1 aliphatic heterocycles. The maximum atomic E-state index is 11.9. The molecule has 3 N–H and O–H groups in total. The Kier molecular flexibility index (Phi) is 5.82. The number of aliphatic carboxylic acids is 1. The molecule has 0 aromatic heterocycles. The van der Waals surface area contributed by atoms with Crippen molar-refractivity contribution in [3.05, 3.63) is 0 Å². The third-order valence-corrected chi connectivity index (χ3v) is 2.94. The average Bonchev–Trinajstić information content (AvgIpc) is 2.37. The first-order valence-corrected chi connectivity index (χ1v) is 6.51. The minimum atomic E-state index is -1.03. The van der Waals surface area contributed by atoms with Crippen molar-refractivity contribution >= 4 is 29.7 Å². The maximum absolute atomic E-state index is 11.9. The number of piperazine rings is 1. The largest absolute Gasteiger partial charge is 0.481 e. The summed E-state index contributed by atoms with van der Waals surface area (Å²) < 4.78 is 0. The van der Waals surface area contributed by atoms with Crippen molar-refractivity contribution in [2.45, 2.75) is 38.6 Å². The Morgan fingerprint density at radius 1 is 1.33 bits per heavy atom. The summed E-state index contributed by atoms with van der Waals surface area (Å²) in [5, 5.41) is 12.6. The van der Waals surface area contributed by atoms with Crippen molar-refractivity contribution in [3.63, 3.8) is 0 Å². The fraction of sp³-hybridized carbons (Fsp3) is 0.583. The van der Waals surface area contributed by atoms with Gasteiger partial charge >= 0.3 is 12.0 Å². The second-order valence-corrected chi connectivity index (χ2v) is 4.56. The minimum absolute atomic E-state index is 0.102. The Hall–Kier alpha value is -2.45. The van der Waals surface area contributed by atoms with Gasteiger partial charge in [0.25, 0.3) is 0 Å². The summed E-state index contributed by atoms with van der Waals surface area (Å²) in [4.78, 5) is 57.6. The van der Waals surface area contributed by atoms with E-state index in [0.717, 1.165) is 4.90 Å². The predicted molar refractivity (Wildman–Crippen MR) is 69.0 cm³/mol. The van der Waals surface area contributed by atoms with Crippen LogP contribution in [0.4, 0.5) is 4.79 Å². The Balaban J connectivity index is 2.56. The van der Waals surface area contributed by atoms with Crippen LogP contribution in [0, 0.1) is 0 Å². The predicted octanol–water partition coefficient (Wildman–Crippen LogP) is -0.785. The fourth-order valence-electron chi connectivity index (χ4n) is 1.94. The van der Waals surface area contributed by atoms with E-state index in [-0.39, 0.29) is 25.8 Å². The number of amides is 5. The third-order valence-electron chi connectivity index (χ3n) is 2.94. The lowest BCUT2D eigenvalue weighted by Gasteiger charge is -2.33. The molecule has 1 fully saturated rings. The van der Waals surface area contributed by atoms with Crippen LogP contribution in [-0.2, 0) is 19.2 Å². The summed E-state index contributed by atoms with van der Waals surface area (Å²) in [5.74, 6) is -2.87. The van der Waals surface area contributed by atoms with Crippen LogP contribution in [0.2, 0.25) is 0 Å². The first kappa shape index (κ1) is 16.6. The van der Waals surface area contributed by atoms with E-state index in [4.69, 9.17) is 5.11 Å². The minimum Gasteiger partial charge on any atom is -0.481 e. The highest BCUT2D eigenvalue weighted by atomic mass is 16.4. The van der Waals surface area contributed by atoms with Crippen LogP contribution in [-0.4, -0.2) is 52.3 Å². The zero-order valence-corrected chi connectivity index (χ0v) is 11.5. The molecular weight excluding hydrogens is 282 g/mol. The first-order valence-electron chi connectivity index (χ1n) is 6.51. The van der Waals surface area contributed by atoms with Crippen molar-refractivity contribution in [2.24, 2.45) is 0 Å². The Morgan fingerprint density at radius 3 is 2.57 bits per heavy atom. The van der Waals surface area contributed by atoms with Crippen molar-refractivity contribution in [1.29, 1.82) is 0 Å². The number of urea groups is 1. The highest BCUT2D eigenvalue weighted by molar-refractivity contribution is 6.05. The second-order valence-electron chi connectivity index (χ2n) is 4.56. The second kappa shape index (κ2) is 7.36. The zero-order chi connectivity index (χ0) is 16.0. The summed E-state index contributed by atoms with van der Waals surface area (Å²) in [6.45, 7) is 1.37.